The smallest absolute Gasteiger partial charge is 0.224 e. The molecule has 0 saturated carbocycles. The Morgan fingerprint density at radius 3 is 0.963 bits per heavy atom. The molecule has 588 valence electrons. The fourth-order valence-corrected chi connectivity index (χ4v) is 10.3. The lowest BCUT2D eigenvalue weighted by Gasteiger charge is -2.20. The van der Waals surface area contributed by atoms with Crippen LogP contribution in [0.1, 0.15) is 227 Å². The van der Waals surface area contributed by atoms with Gasteiger partial charge in [0.25, 0.3) is 0 Å². The summed E-state index contributed by atoms with van der Waals surface area (Å²) in [4.78, 5) is 59.9. The van der Waals surface area contributed by atoms with Gasteiger partial charge in [0, 0.05) is 89.3 Å². The third-order valence-corrected chi connectivity index (χ3v) is 16.2. The number of carbonyl (C=O) groups is 4. The Labute approximate surface area is 631 Å². The molecular weight excluding hydrogens is 1380 g/mol. The average molecular weight is 1490 g/mol. The molecule has 0 heterocycles. The molecule has 0 fully saturated rings. The van der Waals surface area contributed by atoms with Gasteiger partial charge in [0.05, 0.1) is 42.3 Å². The number of rotatable bonds is 44. The van der Waals surface area contributed by atoms with Crippen molar-refractivity contribution >= 4 is 117 Å². The summed E-state index contributed by atoms with van der Waals surface area (Å²) in [6.07, 6.45) is 11.6. The first-order valence-corrected chi connectivity index (χ1v) is 35.4. The fraction of sp³-hybridized carbons (Fsp3) is 0.437. The summed E-state index contributed by atoms with van der Waals surface area (Å²) in [5.41, 5.74) is 93.2. The molecule has 0 aliphatic rings. The topological polar surface area (TPSA) is 688 Å². The minimum absolute atomic E-state index is 0.00640. The minimum Gasteiger partial charge on any atom is -0.387 e. The molecule has 4 atom stereocenters. The number of nitrogens with one attached hydrogen (secondary N) is 9. The van der Waals surface area contributed by atoms with Crippen molar-refractivity contribution in [3.8, 4) is 0 Å². The molecule has 108 heavy (non-hydrogen) atoms. The van der Waals surface area contributed by atoms with Gasteiger partial charge in [0.1, 0.15) is 11.7 Å². The summed E-state index contributed by atoms with van der Waals surface area (Å²) < 4.78 is 0. The Hall–Kier alpha value is -12.4. The molecule has 0 aromatic heterocycles. The zero-order chi connectivity index (χ0) is 80.4. The molecular formula is C71H115N33O4. The number of guanidine groups is 6. The van der Waals surface area contributed by atoms with Gasteiger partial charge in [-0.2, -0.15) is 15.3 Å². The Kier molecular flexibility index (Phi) is 39.8. The van der Waals surface area contributed by atoms with Crippen LogP contribution in [-0.4, -0.2) is 114 Å². The lowest BCUT2D eigenvalue weighted by Crippen LogP contribution is -2.30. The Morgan fingerprint density at radius 2 is 0.648 bits per heavy atom. The van der Waals surface area contributed by atoms with E-state index in [1.54, 1.807) is 58.0 Å². The number of carbonyl (C=O) groups excluding carboxylic acids is 4. The SMILES string of the molecule is CC(=NCC(=N)N)c1cc(NC(=O)CCCCCCCCC(=O)Nc2cc(/C(C)=N/N=C(N)N)cc(/C(C)=N/N=C(N)N)c2)cc(/C(C)=N/N=C(N)N)c1.CC(CN=C(N)N)c1cc(NC(=O)CCCCCCCCC(=O)Nc2cc(C(C)NCC(=N)N)cc(C(C)NN=C(N)N)c2)cc(C(C)NN=C(N)N)c1. The second kappa shape index (κ2) is 47.8. The van der Waals surface area contributed by atoms with E-state index in [0.29, 0.717) is 107 Å². The first-order chi connectivity index (χ1) is 51.1. The number of amides is 4. The third-order valence-electron chi connectivity index (χ3n) is 16.2. The molecule has 0 spiro atoms. The van der Waals surface area contributed by atoms with E-state index in [0.717, 1.165) is 92.0 Å². The zero-order valence-electron chi connectivity index (χ0n) is 63.4. The van der Waals surface area contributed by atoms with E-state index in [1.165, 1.54) is 0 Å². The van der Waals surface area contributed by atoms with E-state index in [9.17, 15) is 19.2 Å². The van der Waals surface area contributed by atoms with Crippen LogP contribution in [0.5, 0.6) is 0 Å². The molecule has 0 aliphatic carbocycles. The molecule has 4 aromatic carbocycles. The number of hydrazone groups is 2. The highest BCUT2D eigenvalue weighted by Crippen LogP contribution is 2.29. The summed E-state index contributed by atoms with van der Waals surface area (Å²) in [5.74, 6) is -1.15. The highest BCUT2D eigenvalue weighted by Gasteiger charge is 2.18. The van der Waals surface area contributed by atoms with E-state index >= 15 is 0 Å². The quantitative estimate of drug-likeness (QED) is 0.0128. The second-order valence-electron chi connectivity index (χ2n) is 25.9. The van der Waals surface area contributed by atoms with Gasteiger partial charge >= 0.3 is 0 Å². The molecule has 37 nitrogen and oxygen atoms in total. The number of aliphatic imine (C=N–C) groups is 2. The number of hydrogen-bond donors (Lipinski definition) is 23. The fourth-order valence-electron chi connectivity index (χ4n) is 10.3. The Balaban J connectivity index is 0.000000560. The van der Waals surface area contributed by atoms with Gasteiger partial charge in [-0.25, -0.2) is 0 Å². The highest BCUT2D eigenvalue weighted by atomic mass is 16.2. The van der Waals surface area contributed by atoms with Crippen LogP contribution in [0, 0.1) is 10.8 Å². The molecule has 37 heteroatoms. The molecule has 0 saturated heterocycles. The van der Waals surface area contributed by atoms with Gasteiger partial charge in [-0.15, -0.1) is 25.5 Å². The van der Waals surface area contributed by atoms with Crippen LogP contribution in [0.15, 0.2) is 124 Å². The first kappa shape index (κ1) is 89.8. The number of nitrogens with two attached hydrogens (primary N) is 14. The number of benzene rings is 4. The van der Waals surface area contributed by atoms with E-state index < -0.39 is 0 Å². The van der Waals surface area contributed by atoms with Crippen LogP contribution in [-0.2, 0) is 19.2 Å². The maximum absolute atomic E-state index is 12.9. The van der Waals surface area contributed by atoms with Crippen molar-refractivity contribution < 1.29 is 19.2 Å². The number of amidine groups is 2. The molecule has 0 bridgehead atoms. The molecule has 4 rings (SSSR count). The summed E-state index contributed by atoms with van der Waals surface area (Å²) >= 11 is 0. The third kappa shape index (κ3) is 37.8. The van der Waals surface area contributed by atoms with Crippen molar-refractivity contribution in [2.75, 3.05) is 40.9 Å². The summed E-state index contributed by atoms with van der Waals surface area (Å²) in [7, 11) is 0. The van der Waals surface area contributed by atoms with Crippen molar-refractivity contribution in [1.82, 2.24) is 16.2 Å². The average Bonchev–Trinajstić information content (AvgIpc) is 0.855. The molecule has 0 aliphatic heterocycles. The van der Waals surface area contributed by atoms with E-state index in [4.69, 9.17) is 91.1 Å². The number of anilines is 4. The van der Waals surface area contributed by atoms with Crippen LogP contribution < -0.4 is 118 Å². The van der Waals surface area contributed by atoms with Crippen LogP contribution in [0.25, 0.3) is 0 Å². The number of unbranched alkanes of at least 4 members (excludes halogenated alkanes) is 10. The molecule has 4 unspecified atom stereocenters. The minimum atomic E-state index is -0.237. The monoisotopic (exact) mass is 1490 g/mol. The van der Waals surface area contributed by atoms with Gasteiger partial charge in [0.15, 0.2) is 5.96 Å². The zero-order valence-corrected chi connectivity index (χ0v) is 63.4. The van der Waals surface area contributed by atoms with Crippen molar-refractivity contribution in [2.45, 2.75) is 182 Å². The van der Waals surface area contributed by atoms with Gasteiger partial charge < -0.3 is 107 Å². The molecule has 4 amide bonds. The first-order valence-electron chi connectivity index (χ1n) is 35.4. The highest BCUT2D eigenvalue weighted by molar-refractivity contribution is 6.08. The standard InChI is InChI=1S/C36H62N16O2.C35H53N17O2/c1-21(19-46-34(39)40)25-13-27(23(3)49-51-35(41)42)17-29(15-25)47-32(53)11-9-7-5-6-8-10-12-33(54)48-30-16-26(22(2)45-20-31(37)38)14-28(18-30)24(4)50-52-36(43)44;1-20(44-19-30(36)37)24-13-25(21(2)47-50-33(38)39)16-28(15-24)45-31(53)11-9-7-5-6-8-10-12-32(54)46-29-17-26(22(3)48-51-34(40)41)14-27(18-29)23(4)49-52-35(42)43/h13-18,21-24,45,49-50H,5-12,19-20H2,1-4H3,(H3,37,38)(H,47,53)(H,48,54)(H4,39,40,46)(H4,41,42,51)(H4,43,44,52);13-18H,5-12,19H2,1-4H3,(H3,36,37)(H,45,53)(H,46,54)(H4,38,39,50)(H4,40,41,51)(H4,42,43,52)/b;44-20?,47-21+,48-22+,49-23+. The largest absolute Gasteiger partial charge is 0.387 e. The van der Waals surface area contributed by atoms with Crippen molar-refractivity contribution in [3.63, 3.8) is 0 Å². The lowest BCUT2D eigenvalue weighted by molar-refractivity contribution is -0.117. The maximum Gasteiger partial charge on any atom is 0.224 e. The molecule has 0 radical (unpaired) electrons. The van der Waals surface area contributed by atoms with Crippen molar-refractivity contribution in [1.29, 1.82) is 10.8 Å². The van der Waals surface area contributed by atoms with Crippen LogP contribution in [0.2, 0.25) is 0 Å². The molecule has 4 aromatic rings. The number of nitrogens with zero attached hydrogens (tertiary/aromatic N) is 10. The maximum atomic E-state index is 12.9. The summed E-state index contributed by atoms with van der Waals surface area (Å²) in [6, 6.07) is 21.8. The van der Waals surface area contributed by atoms with E-state index in [-0.39, 0.29) is 108 Å². The second-order valence-corrected chi connectivity index (χ2v) is 25.9. The van der Waals surface area contributed by atoms with E-state index in [1.807, 2.05) is 70.2 Å². The van der Waals surface area contributed by atoms with Crippen molar-refractivity contribution in [2.24, 2.45) is 131 Å². The van der Waals surface area contributed by atoms with Crippen molar-refractivity contribution in [3.05, 3.63) is 117 Å². The van der Waals surface area contributed by atoms with Crippen LogP contribution in [0.3, 0.4) is 0 Å². The van der Waals surface area contributed by atoms with Crippen LogP contribution in [0.4, 0.5) is 22.7 Å². The van der Waals surface area contributed by atoms with Gasteiger partial charge in [-0.1, -0.05) is 70.4 Å². The van der Waals surface area contributed by atoms with Gasteiger partial charge in [-0.05, 0) is 163 Å². The summed E-state index contributed by atoms with van der Waals surface area (Å²) in [5, 5.41) is 61.2. The van der Waals surface area contributed by atoms with E-state index in [2.05, 4.69) is 88.2 Å². The lowest BCUT2D eigenvalue weighted by atomic mass is 9.96. The Morgan fingerprint density at radius 1 is 0.343 bits per heavy atom. The summed E-state index contributed by atoms with van der Waals surface area (Å²) in [6.45, 7) is 15.5. The number of hydrogen-bond acceptors (Lipinski definition) is 19. The normalized spacial score (nSPS) is 12.5. The van der Waals surface area contributed by atoms with Gasteiger partial charge in [-0.3, -0.25) is 50.8 Å². The predicted octanol–water partition coefficient (Wildman–Crippen LogP) is 4.15. The predicted molar refractivity (Wildman–Crippen MR) is 439 cm³/mol. The van der Waals surface area contributed by atoms with Crippen LogP contribution >= 0.6 is 0 Å². The molecule has 37 N–H and O–H groups in total. The Bertz CT molecular complexity index is 3880. The van der Waals surface area contributed by atoms with Gasteiger partial charge in [0.2, 0.25) is 53.4 Å².